The van der Waals surface area contributed by atoms with Gasteiger partial charge in [0.2, 0.25) is 0 Å². The summed E-state index contributed by atoms with van der Waals surface area (Å²) in [7, 11) is 1.72. The van der Waals surface area contributed by atoms with E-state index in [2.05, 4.69) is 0 Å². The van der Waals surface area contributed by atoms with Gasteiger partial charge in [-0.05, 0) is 19.1 Å². The van der Waals surface area contributed by atoms with Crippen LogP contribution in [0.4, 0.5) is 0 Å². The number of nitrogens with zero attached hydrogens (tertiary/aromatic N) is 1. The molecule has 60 valence electrons. The van der Waals surface area contributed by atoms with E-state index in [0.717, 1.165) is 0 Å². The summed E-state index contributed by atoms with van der Waals surface area (Å²) in [5, 5.41) is 9.16. The van der Waals surface area contributed by atoms with Crippen molar-refractivity contribution in [3.05, 3.63) is 23.9 Å². The van der Waals surface area contributed by atoms with Gasteiger partial charge in [-0.1, -0.05) is 0 Å². The lowest BCUT2D eigenvalue weighted by atomic mass is 10.1. The van der Waals surface area contributed by atoms with Gasteiger partial charge in [-0.2, -0.15) is 0 Å². The average molecular weight is 153 g/mol. The zero-order valence-corrected chi connectivity index (χ0v) is 6.61. The van der Waals surface area contributed by atoms with Crippen LogP contribution in [0, 0.1) is 0 Å². The van der Waals surface area contributed by atoms with E-state index < -0.39 is 6.23 Å². The fourth-order valence-electron chi connectivity index (χ4n) is 0.873. The number of ketones is 1. The largest absolute Gasteiger partial charge is 0.370 e. The lowest BCUT2D eigenvalue weighted by molar-refractivity contribution is -0.113. The molecule has 0 saturated heterocycles. The number of rotatable bonds is 1. The Hall–Kier alpha value is -1.09. The van der Waals surface area contributed by atoms with Crippen molar-refractivity contribution in [3.63, 3.8) is 0 Å². The Bertz CT molecular complexity index is 230. The van der Waals surface area contributed by atoms with Gasteiger partial charge in [-0.3, -0.25) is 4.79 Å². The fraction of sp³-hybridized carbons (Fsp3) is 0.375. The first-order valence-electron chi connectivity index (χ1n) is 3.42. The Balaban J connectivity index is 2.80. The smallest absolute Gasteiger partial charge is 0.161 e. The van der Waals surface area contributed by atoms with Gasteiger partial charge in [0.05, 0.1) is 0 Å². The highest BCUT2D eigenvalue weighted by atomic mass is 16.3. The van der Waals surface area contributed by atoms with Crippen LogP contribution >= 0.6 is 0 Å². The zero-order chi connectivity index (χ0) is 8.43. The lowest BCUT2D eigenvalue weighted by Gasteiger charge is -2.22. The van der Waals surface area contributed by atoms with E-state index in [1.807, 2.05) is 0 Å². The molecule has 0 spiro atoms. The number of Topliss-reactive ketones (excluding diaryl/α,β-unsaturated/α-hetero) is 1. The number of aliphatic hydroxyl groups is 1. The van der Waals surface area contributed by atoms with E-state index in [-0.39, 0.29) is 5.78 Å². The van der Waals surface area contributed by atoms with Crippen molar-refractivity contribution >= 4 is 5.78 Å². The molecule has 3 heteroatoms. The van der Waals surface area contributed by atoms with E-state index in [4.69, 9.17) is 5.11 Å². The zero-order valence-electron chi connectivity index (χ0n) is 6.61. The van der Waals surface area contributed by atoms with Crippen molar-refractivity contribution < 1.29 is 9.90 Å². The monoisotopic (exact) mass is 153 g/mol. The van der Waals surface area contributed by atoms with Crippen molar-refractivity contribution in [2.24, 2.45) is 0 Å². The minimum absolute atomic E-state index is 0.0139. The molecule has 1 aliphatic heterocycles. The maximum Gasteiger partial charge on any atom is 0.161 e. The second kappa shape index (κ2) is 2.88. The summed E-state index contributed by atoms with van der Waals surface area (Å²) in [5.74, 6) is 0.0139. The Labute approximate surface area is 65.6 Å². The number of likely N-dealkylation sites (N-methyl/N-ethyl adjacent to an activating group) is 1. The number of carbonyl (C=O) groups is 1. The Kier molecular flexibility index (Phi) is 2.10. The van der Waals surface area contributed by atoms with Crippen LogP contribution in [0.15, 0.2) is 23.9 Å². The molecule has 0 aromatic heterocycles. The van der Waals surface area contributed by atoms with Crippen LogP contribution in [-0.2, 0) is 4.79 Å². The molecule has 0 bridgehead atoms. The lowest BCUT2D eigenvalue weighted by Crippen LogP contribution is -2.27. The third-order valence-electron chi connectivity index (χ3n) is 1.61. The van der Waals surface area contributed by atoms with E-state index in [1.54, 1.807) is 30.3 Å². The highest BCUT2D eigenvalue weighted by Crippen LogP contribution is 2.10. The van der Waals surface area contributed by atoms with Gasteiger partial charge in [-0.15, -0.1) is 0 Å². The highest BCUT2D eigenvalue weighted by Gasteiger charge is 2.11. The predicted octanol–water partition coefficient (Wildman–Crippen LogP) is 0.279. The quantitative estimate of drug-likeness (QED) is 0.588. The molecule has 1 heterocycles. The van der Waals surface area contributed by atoms with Gasteiger partial charge in [0.15, 0.2) is 5.78 Å². The van der Waals surface area contributed by atoms with Gasteiger partial charge >= 0.3 is 0 Å². The van der Waals surface area contributed by atoms with Crippen molar-refractivity contribution in [2.45, 2.75) is 13.2 Å². The van der Waals surface area contributed by atoms with E-state index >= 15 is 0 Å². The SMILES string of the molecule is CC(=O)C1=CN(C)C(O)C=C1. The molecule has 1 aliphatic rings. The second-order valence-corrected chi connectivity index (χ2v) is 2.58. The molecule has 0 radical (unpaired) electrons. The molecule has 0 aliphatic carbocycles. The number of carbonyl (C=O) groups excluding carboxylic acids is 1. The number of hydrogen-bond donors (Lipinski definition) is 1. The summed E-state index contributed by atoms with van der Waals surface area (Å²) < 4.78 is 0. The van der Waals surface area contributed by atoms with Crippen LogP contribution in [0.3, 0.4) is 0 Å². The van der Waals surface area contributed by atoms with Crippen LogP contribution in [0.2, 0.25) is 0 Å². The van der Waals surface area contributed by atoms with Crippen molar-refractivity contribution in [1.82, 2.24) is 4.90 Å². The molecule has 1 atom stereocenters. The third-order valence-corrected chi connectivity index (χ3v) is 1.61. The summed E-state index contributed by atoms with van der Waals surface area (Å²) in [6.07, 6.45) is 4.24. The molecular formula is C8H11NO2. The van der Waals surface area contributed by atoms with Crippen molar-refractivity contribution in [3.8, 4) is 0 Å². The van der Waals surface area contributed by atoms with E-state index in [0.29, 0.717) is 5.57 Å². The standard InChI is InChI=1S/C8H11NO2/c1-6(10)7-3-4-8(11)9(2)5-7/h3-5,8,11H,1-2H3. The summed E-state index contributed by atoms with van der Waals surface area (Å²) in [6, 6.07) is 0. The van der Waals surface area contributed by atoms with Gasteiger partial charge in [0.25, 0.3) is 0 Å². The van der Waals surface area contributed by atoms with Gasteiger partial charge in [-0.25, -0.2) is 0 Å². The molecule has 11 heavy (non-hydrogen) atoms. The van der Waals surface area contributed by atoms with Gasteiger partial charge in [0.1, 0.15) is 6.23 Å². The Morgan fingerprint density at radius 2 is 2.36 bits per heavy atom. The molecule has 0 fully saturated rings. The van der Waals surface area contributed by atoms with Crippen LogP contribution < -0.4 is 0 Å². The van der Waals surface area contributed by atoms with Crippen LogP contribution in [0.25, 0.3) is 0 Å². The van der Waals surface area contributed by atoms with Crippen LogP contribution in [-0.4, -0.2) is 29.1 Å². The molecule has 1 unspecified atom stereocenters. The topological polar surface area (TPSA) is 40.5 Å². The predicted molar refractivity (Wildman–Crippen MR) is 41.7 cm³/mol. The van der Waals surface area contributed by atoms with Crippen molar-refractivity contribution in [1.29, 1.82) is 0 Å². The second-order valence-electron chi connectivity index (χ2n) is 2.58. The molecule has 3 nitrogen and oxygen atoms in total. The minimum Gasteiger partial charge on any atom is -0.370 e. The summed E-state index contributed by atoms with van der Waals surface area (Å²) in [4.78, 5) is 12.4. The Morgan fingerprint density at radius 3 is 2.82 bits per heavy atom. The molecular weight excluding hydrogens is 142 g/mol. The maximum absolute atomic E-state index is 10.8. The summed E-state index contributed by atoms with van der Waals surface area (Å²) in [6.45, 7) is 1.50. The first kappa shape index (κ1) is 8.01. The molecule has 0 amide bonds. The highest BCUT2D eigenvalue weighted by molar-refractivity contribution is 5.96. The number of allylic oxidation sites excluding steroid dienone is 2. The van der Waals surface area contributed by atoms with Gasteiger partial charge in [0, 0.05) is 18.8 Å². The molecule has 1 rings (SSSR count). The molecule has 0 aromatic rings. The van der Waals surface area contributed by atoms with Gasteiger partial charge < -0.3 is 10.0 Å². The fourth-order valence-corrected chi connectivity index (χ4v) is 0.873. The van der Waals surface area contributed by atoms with Crippen LogP contribution in [0.1, 0.15) is 6.92 Å². The third kappa shape index (κ3) is 1.68. The summed E-state index contributed by atoms with van der Waals surface area (Å²) in [5.41, 5.74) is 0.623. The Morgan fingerprint density at radius 1 is 1.73 bits per heavy atom. The maximum atomic E-state index is 10.8. The average Bonchev–Trinajstić information content (AvgIpc) is 1.94. The molecule has 1 N–H and O–H groups in total. The first-order valence-corrected chi connectivity index (χ1v) is 3.42. The first-order chi connectivity index (χ1) is 5.11. The van der Waals surface area contributed by atoms with E-state index in [1.165, 1.54) is 6.92 Å². The number of aliphatic hydroxyl groups excluding tert-OH is 1. The van der Waals surface area contributed by atoms with E-state index in [9.17, 15) is 4.79 Å². The van der Waals surface area contributed by atoms with Crippen molar-refractivity contribution in [2.75, 3.05) is 7.05 Å². The minimum atomic E-state index is -0.599. The van der Waals surface area contributed by atoms with Crippen LogP contribution in [0.5, 0.6) is 0 Å². The molecule has 0 saturated carbocycles. The number of hydrogen-bond acceptors (Lipinski definition) is 3. The summed E-state index contributed by atoms with van der Waals surface area (Å²) >= 11 is 0. The molecule has 0 aromatic carbocycles. The normalized spacial score (nSPS) is 23.4.